The molecule has 120 valence electrons. The molecule has 2 fully saturated rings. The fourth-order valence-corrected chi connectivity index (χ4v) is 3.44. The summed E-state index contributed by atoms with van der Waals surface area (Å²) < 4.78 is 32.0. The van der Waals surface area contributed by atoms with E-state index in [4.69, 9.17) is 0 Å². The Bertz CT molecular complexity index is 588. The predicted molar refractivity (Wildman–Crippen MR) is 77.9 cm³/mol. The van der Waals surface area contributed by atoms with Crippen LogP contribution < -0.4 is 15.4 Å². The van der Waals surface area contributed by atoms with Crippen molar-refractivity contribution in [3.05, 3.63) is 29.3 Å². The molecule has 2 N–H and O–H groups in total. The SMILES string of the molecule is COc1c(F)ccc(C(=O)NCC2CC3(CCC3)CN2)c1F. The molecule has 1 spiro atoms. The maximum Gasteiger partial charge on any atom is 0.254 e. The Labute approximate surface area is 128 Å². The molecule has 2 aliphatic rings. The highest BCUT2D eigenvalue weighted by Gasteiger charge is 2.43. The van der Waals surface area contributed by atoms with Crippen LogP contribution in [0.25, 0.3) is 0 Å². The minimum Gasteiger partial charge on any atom is -0.491 e. The molecular formula is C16H20F2N2O2. The maximum atomic E-state index is 14.0. The zero-order valence-electron chi connectivity index (χ0n) is 12.5. The van der Waals surface area contributed by atoms with Gasteiger partial charge in [0.25, 0.3) is 5.91 Å². The lowest BCUT2D eigenvalue weighted by Crippen LogP contribution is -2.37. The molecule has 0 bridgehead atoms. The Kier molecular flexibility index (Phi) is 4.04. The second-order valence-electron chi connectivity index (χ2n) is 6.29. The Hall–Kier alpha value is -1.69. The Morgan fingerprint density at radius 2 is 2.23 bits per heavy atom. The van der Waals surface area contributed by atoms with Gasteiger partial charge in [0.15, 0.2) is 17.4 Å². The van der Waals surface area contributed by atoms with E-state index in [1.54, 1.807) is 0 Å². The number of halogens is 2. The van der Waals surface area contributed by atoms with Crippen LogP contribution in [0, 0.1) is 17.0 Å². The molecule has 3 rings (SSSR count). The van der Waals surface area contributed by atoms with Crippen molar-refractivity contribution in [2.75, 3.05) is 20.2 Å². The molecule has 1 amide bonds. The summed E-state index contributed by atoms with van der Waals surface area (Å²) in [7, 11) is 1.17. The molecule has 0 aromatic heterocycles. The monoisotopic (exact) mass is 310 g/mol. The molecule has 0 radical (unpaired) electrons. The van der Waals surface area contributed by atoms with Crippen molar-refractivity contribution >= 4 is 5.91 Å². The van der Waals surface area contributed by atoms with Gasteiger partial charge in [-0.15, -0.1) is 0 Å². The van der Waals surface area contributed by atoms with Gasteiger partial charge in [-0.1, -0.05) is 6.42 Å². The summed E-state index contributed by atoms with van der Waals surface area (Å²) in [4.78, 5) is 12.1. The lowest BCUT2D eigenvalue weighted by atomic mass is 9.67. The van der Waals surface area contributed by atoms with Crippen LogP contribution in [0.1, 0.15) is 36.0 Å². The van der Waals surface area contributed by atoms with Gasteiger partial charge in [-0.05, 0) is 36.8 Å². The molecule has 1 aliphatic heterocycles. The molecule has 22 heavy (non-hydrogen) atoms. The standard InChI is InChI=1S/C16H20F2N2O2/c1-22-14-12(17)4-3-11(13(14)18)15(21)19-8-10-7-16(9-20-10)5-2-6-16/h3-4,10,20H,2,5-9H2,1H3,(H,19,21). The molecule has 1 atom stereocenters. The maximum absolute atomic E-state index is 14.0. The van der Waals surface area contributed by atoms with Gasteiger partial charge in [-0.3, -0.25) is 4.79 Å². The molecule has 1 unspecified atom stereocenters. The summed E-state index contributed by atoms with van der Waals surface area (Å²) in [6, 6.07) is 2.39. The molecule has 1 heterocycles. The van der Waals surface area contributed by atoms with Crippen molar-refractivity contribution in [1.29, 1.82) is 0 Å². The van der Waals surface area contributed by atoms with Crippen molar-refractivity contribution in [2.45, 2.75) is 31.7 Å². The Morgan fingerprint density at radius 3 is 2.82 bits per heavy atom. The van der Waals surface area contributed by atoms with Crippen molar-refractivity contribution in [3.8, 4) is 5.75 Å². The Morgan fingerprint density at radius 1 is 1.45 bits per heavy atom. The number of benzene rings is 1. The number of amides is 1. The smallest absolute Gasteiger partial charge is 0.254 e. The van der Waals surface area contributed by atoms with Gasteiger partial charge in [0, 0.05) is 19.1 Å². The van der Waals surface area contributed by atoms with Crippen LogP contribution in [-0.2, 0) is 0 Å². The van der Waals surface area contributed by atoms with Gasteiger partial charge in [0.05, 0.1) is 12.7 Å². The van der Waals surface area contributed by atoms with Gasteiger partial charge in [0.2, 0.25) is 0 Å². The van der Waals surface area contributed by atoms with Gasteiger partial charge >= 0.3 is 0 Å². The largest absolute Gasteiger partial charge is 0.491 e. The number of hydrogen-bond donors (Lipinski definition) is 2. The van der Waals surface area contributed by atoms with Crippen LogP contribution in [-0.4, -0.2) is 32.1 Å². The van der Waals surface area contributed by atoms with Crippen molar-refractivity contribution in [3.63, 3.8) is 0 Å². The first-order valence-corrected chi connectivity index (χ1v) is 7.58. The van der Waals surface area contributed by atoms with Crippen LogP contribution >= 0.6 is 0 Å². The molecule has 1 aliphatic carbocycles. The van der Waals surface area contributed by atoms with Crippen LogP contribution in [0.4, 0.5) is 8.78 Å². The van der Waals surface area contributed by atoms with Crippen LogP contribution in [0.15, 0.2) is 12.1 Å². The predicted octanol–water partition coefficient (Wildman–Crippen LogP) is 2.24. The summed E-state index contributed by atoms with van der Waals surface area (Å²) in [5.41, 5.74) is 0.217. The normalized spacial score (nSPS) is 22.4. The van der Waals surface area contributed by atoms with Gasteiger partial charge in [-0.25, -0.2) is 8.78 Å². The van der Waals surface area contributed by atoms with Gasteiger partial charge < -0.3 is 15.4 Å². The minimum atomic E-state index is -0.963. The van der Waals surface area contributed by atoms with Crippen LogP contribution in [0.5, 0.6) is 5.75 Å². The summed E-state index contributed by atoms with van der Waals surface area (Å²) in [6.07, 6.45) is 4.81. The Balaban J connectivity index is 1.61. The zero-order chi connectivity index (χ0) is 15.7. The summed E-state index contributed by atoms with van der Waals surface area (Å²) >= 11 is 0. The molecular weight excluding hydrogens is 290 g/mol. The van der Waals surface area contributed by atoms with E-state index in [0.29, 0.717) is 12.0 Å². The third-order valence-electron chi connectivity index (χ3n) is 4.87. The molecule has 4 nitrogen and oxygen atoms in total. The van der Waals surface area contributed by atoms with E-state index in [2.05, 4.69) is 15.4 Å². The van der Waals surface area contributed by atoms with E-state index in [-0.39, 0.29) is 11.6 Å². The number of nitrogens with one attached hydrogen (secondary N) is 2. The second kappa shape index (κ2) is 5.83. The summed E-state index contributed by atoms with van der Waals surface area (Å²) in [5.74, 6) is -2.86. The highest BCUT2D eigenvalue weighted by molar-refractivity contribution is 5.95. The second-order valence-corrected chi connectivity index (χ2v) is 6.29. The third kappa shape index (κ3) is 2.67. The van der Waals surface area contributed by atoms with Crippen molar-refractivity contribution in [1.82, 2.24) is 10.6 Å². The molecule has 1 saturated heterocycles. The number of hydrogen-bond acceptors (Lipinski definition) is 3. The molecule has 1 saturated carbocycles. The molecule has 1 aromatic carbocycles. The first kappa shape index (κ1) is 15.2. The number of carbonyl (C=O) groups excluding carboxylic acids is 1. The molecule has 1 aromatic rings. The van der Waals surface area contributed by atoms with Crippen LogP contribution in [0.2, 0.25) is 0 Å². The lowest BCUT2D eigenvalue weighted by molar-refractivity contribution is 0.0943. The average molecular weight is 310 g/mol. The summed E-state index contributed by atoms with van der Waals surface area (Å²) in [6.45, 7) is 1.44. The zero-order valence-corrected chi connectivity index (χ0v) is 12.5. The topological polar surface area (TPSA) is 50.4 Å². The average Bonchev–Trinajstić information content (AvgIpc) is 2.90. The fourth-order valence-electron chi connectivity index (χ4n) is 3.44. The van der Waals surface area contributed by atoms with E-state index in [0.717, 1.165) is 25.1 Å². The number of ether oxygens (including phenoxy) is 1. The van der Waals surface area contributed by atoms with E-state index >= 15 is 0 Å². The quantitative estimate of drug-likeness (QED) is 0.897. The third-order valence-corrected chi connectivity index (χ3v) is 4.87. The minimum absolute atomic E-state index is 0.199. The van der Waals surface area contributed by atoms with E-state index in [1.807, 2.05) is 0 Å². The first-order valence-electron chi connectivity index (χ1n) is 7.58. The van der Waals surface area contributed by atoms with Crippen molar-refractivity contribution in [2.24, 2.45) is 5.41 Å². The highest BCUT2D eigenvalue weighted by Crippen LogP contribution is 2.46. The fraction of sp³-hybridized carbons (Fsp3) is 0.562. The van der Waals surface area contributed by atoms with Crippen LogP contribution in [0.3, 0.4) is 0 Å². The highest BCUT2D eigenvalue weighted by atomic mass is 19.1. The number of carbonyl (C=O) groups is 1. The molecule has 6 heteroatoms. The van der Waals surface area contributed by atoms with E-state index < -0.39 is 23.3 Å². The van der Waals surface area contributed by atoms with E-state index in [9.17, 15) is 13.6 Å². The number of rotatable bonds is 4. The number of methoxy groups -OCH3 is 1. The van der Waals surface area contributed by atoms with Gasteiger partial charge in [0.1, 0.15) is 0 Å². The lowest BCUT2D eigenvalue weighted by Gasteiger charge is -2.37. The van der Waals surface area contributed by atoms with E-state index in [1.165, 1.54) is 26.4 Å². The van der Waals surface area contributed by atoms with Crippen molar-refractivity contribution < 1.29 is 18.3 Å². The summed E-state index contributed by atoms with van der Waals surface area (Å²) in [5, 5.41) is 6.13. The first-order chi connectivity index (χ1) is 10.5. The van der Waals surface area contributed by atoms with Gasteiger partial charge in [-0.2, -0.15) is 0 Å².